The molecule has 9 rings (SSSR count). The molecule has 9 nitrogen and oxygen atoms in total. The molecule has 4 aromatic heterocycles. The van der Waals surface area contributed by atoms with Crippen LogP contribution in [0.3, 0.4) is 0 Å². The zero-order chi connectivity index (χ0) is 26.6. The molecule has 8 heterocycles. The Morgan fingerprint density at radius 3 is 2.67 bits per heavy atom. The van der Waals surface area contributed by atoms with Gasteiger partial charge >= 0.3 is 0 Å². The van der Waals surface area contributed by atoms with E-state index in [1.165, 1.54) is 23.2 Å². The number of ether oxygens (including phenoxy) is 1. The molecule has 200 valence electrons. The van der Waals surface area contributed by atoms with Crippen molar-refractivity contribution in [2.24, 2.45) is 0 Å². The molecule has 4 aromatic rings. The van der Waals surface area contributed by atoms with E-state index >= 15 is 0 Å². The van der Waals surface area contributed by atoms with Crippen LogP contribution in [-0.2, 0) is 17.7 Å². The standard InChI is InChI=1S/C31H30N8O/c32-13-24-16-35-39-20-25(36-6-8-40-9-7-36)12-28(31(24)39)23-4-5-30(34-15-23)37-18-26-11-27(19-37)38(26)17-21-10-22-2-1-3-29(22)33-14-21/h1-2,4-5,10,12,14-16,20,26-27H,3,6-9,11,17-19H2. The number of aromatic nitrogens is 4. The van der Waals surface area contributed by atoms with Crippen LogP contribution in [0.15, 0.2) is 55.1 Å². The van der Waals surface area contributed by atoms with Gasteiger partial charge in [0.1, 0.15) is 11.9 Å². The fourth-order valence-corrected chi connectivity index (χ4v) is 6.73. The summed E-state index contributed by atoms with van der Waals surface area (Å²) in [6.45, 7) is 6.03. The number of piperidine rings is 1. The molecule has 4 fully saturated rings. The van der Waals surface area contributed by atoms with Gasteiger partial charge < -0.3 is 14.5 Å². The van der Waals surface area contributed by atoms with E-state index in [1.807, 2.05) is 16.9 Å². The van der Waals surface area contributed by atoms with Crippen LogP contribution in [0.1, 0.15) is 28.8 Å². The number of morpholine rings is 1. The van der Waals surface area contributed by atoms with Crippen LogP contribution in [0.2, 0.25) is 0 Å². The first kappa shape index (κ1) is 23.6. The van der Waals surface area contributed by atoms with Gasteiger partial charge in [-0.1, -0.05) is 12.2 Å². The number of nitriles is 1. The highest BCUT2D eigenvalue weighted by molar-refractivity contribution is 5.86. The second-order valence-corrected chi connectivity index (χ2v) is 11.2. The fraction of sp³-hybridized carbons (Fsp3) is 0.355. The molecule has 0 N–H and O–H groups in total. The lowest BCUT2D eigenvalue weighted by Gasteiger charge is -2.56. The van der Waals surface area contributed by atoms with E-state index in [9.17, 15) is 5.26 Å². The minimum Gasteiger partial charge on any atom is -0.378 e. The molecule has 0 amide bonds. The van der Waals surface area contributed by atoms with Gasteiger partial charge in [-0.15, -0.1) is 0 Å². The van der Waals surface area contributed by atoms with E-state index in [0.29, 0.717) is 30.9 Å². The summed E-state index contributed by atoms with van der Waals surface area (Å²) in [6, 6.07) is 12.1. The van der Waals surface area contributed by atoms with Gasteiger partial charge in [0.2, 0.25) is 0 Å². The number of piperazine rings is 1. The van der Waals surface area contributed by atoms with Crippen LogP contribution in [0, 0.1) is 11.3 Å². The topological polar surface area (TPSA) is 85.8 Å². The summed E-state index contributed by atoms with van der Waals surface area (Å²) in [6.07, 6.45) is 14.2. The molecular weight excluding hydrogens is 500 g/mol. The maximum atomic E-state index is 9.75. The van der Waals surface area contributed by atoms with Crippen LogP contribution in [0.25, 0.3) is 22.7 Å². The molecule has 2 bridgehead atoms. The van der Waals surface area contributed by atoms with Gasteiger partial charge in [-0.05, 0) is 41.8 Å². The van der Waals surface area contributed by atoms with Gasteiger partial charge in [-0.25, -0.2) is 9.50 Å². The Bertz CT molecular complexity index is 1650. The van der Waals surface area contributed by atoms with Crippen molar-refractivity contribution in [1.82, 2.24) is 24.5 Å². The van der Waals surface area contributed by atoms with Crippen molar-refractivity contribution in [3.8, 4) is 17.2 Å². The summed E-state index contributed by atoms with van der Waals surface area (Å²) in [4.78, 5) is 16.9. The zero-order valence-corrected chi connectivity index (χ0v) is 22.3. The van der Waals surface area contributed by atoms with E-state index in [1.54, 1.807) is 6.20 Å². The van der Waals surface area contributed by atoms with E-state index in [4.69, 9.17) is 9.72 Å². The number of nitrogens with zero attached hydrogens (tertiary/aromatic N) is 8. The molecule has 0 spiro atoms. The van der Waals surface area contributed by atoms with Gasteiger partial charge in [-0.3, -0.25) is 9.88 Å². The van der Waals surface area contributed by atoms with Crippen molar-refractivity contribution >= 4 is 23.1 Å². The first-order valence-electron chi connectivity index (χ1n) is 14.1. The summed E-state index contributed by atoms with van der Waals surface area (Å²) in [7, 11) is 0. The third-order valence-electron chi connectivity index (χ3n) is 8.86. The van der Waals surface area contributed by atoms with Crippen LogP contribution < -0.4 is 9.80 Å². The molecule has 1 aliphatic carbocycles. The Balaban J connectivity index is 1.02. The maximum absolute atomic E-state index is 9.75. The van der Waals surface area contributed by atoms with Crippen LogP contribution in [0.5, 0.6) is 0 Å². The number of hydrogen-bond donors (Lipinski definition) is 0. The summed E-state index contributed by atoms with van der Waals surface area (Å²) in [5, 5.41) is 14.2. The summed E-state index contributed by atoms with van der Waals surface area (Å²) >= 11 is 0. The van der Waals surface area contributed by atoms with E-state index < -0.39 is 0 Å². The summed E-state index contributed by atoms with van der Waals surface area (Å²) in [5.74, 6) is 1.01. The average Bonchev–Trinajstić information content (AvgIpc) is 3.66. The normalized spacial score (nSPS) is 21.9. The first-order chi connectivity index (χ1) is 19.7. The molecule has 0 saturated carbocycles. The smallest absolute Gasteiger partial charge is 0.128 e. The highest BCUT2D eigenvalue weighted by Gasteiger charge is 2.44. The van der Waals surface area contributed by atoms with Gasteiger partial charge in [0.15, 0.2) is 0 Å². The molecular formula is C31H30N8O. The molecule has 4 aliphatic heterocycles. The lowest BCUT2D eigenvalue weighted by Crippen LogP contribution is -2.68. The predicted octanol–water partition coefficient (Wildman–Crippen LogP) is 3.53. The number of rotatable bonds is 5. The lowest BCUT2D eigenvalue weighted by molar-refractivity contribution is -0.00876. The minimum absolute atomic E-state index is 0.541. The average molecular weight is 531 g/mol. The predicted molar refractivity (Wildman–Crippen MR) is 153 cm³/mol. The molecule has 5 aliphatic rings. The van der Waals surface area contributed by atoms with Crippen molar-refractivity contribution in [1.29, 1.82) is 5.26 Å². The number of hydrogen-bond acceptors (Lipinski definition) is 8. The quantitative estimate of drug-likeness (QED) is 0.388. The van der Waals surface area contributed by atoms with Gasteiger partial charge in [0.05, 0.1) is 48.1 Å². The summed E-state index contributed by atoms with van der Waals surface area (Å²) in [5.41, 5.74) is 8.20. The third kappa shape index (κ3) is 3.95. The molecule has 2 unspecified atom stereocenters. The van der Waals surface area contributed by atoms with Crippen molar-refractivity contribution < 1.29 is 4.74 Å². The Hall–Kier alpha value is -4.26. The highest BCUT2D eigenvalue weighted by atomic mass is 16.5. The van der Waals surface area contributed by atoms with Crippen LogP contribution in [0.4, 0.5) is 11.5 Å². The van der Waals surface area contributed by atoms with E-state index in [2.05, 4.69) is 73.5 Å². The van der Waals surface area contributed by atoms with Crippen molar-refractivity contribution in [3.63, 3.8) is 0 Å². The lowest BCUT2D eigenvalue weighted by atomic mass is 9.86. The van der Waals surface area contributed by atoms with Crippen LogP contribution in [-0.4, -0.2) is 76.0 Å². The second kappa shape index (κ2) is 9.44. The SMILES string of the molecule is N#Cc1cnn2cc(N3CCOCC3)cc(-c3ccc(N4CC5CC(C4)N5Cc4cnc5c(c4)C=CC5)nc3)c12. The summed E-state index contributed by atoms with van der Waals surface area (Å²) < 4.78 is 7.37. The van der Waals surface area contributed by atoms with Crippen molar-refractivity contribution in [3.05, 3.63) is 77.5 Å². The highest BCUT2D eigenvalue weighted by Crippen LogP contribution is 2.37. The van der Waals surface area contributed by atoms with Gasteiger partial charge in [0, 0.05) is 74.7 Å². The first-order valence-corrected chi connectivity index (χ1v) is 14.1. The fourth-order valence-electron chi connectivity index (χ4n) is 6.73. The van der Waals surface area contributed by atoms with Crippen molar-refractivity contribution in [2.45, 2.75) is 31.5 Å². The van der Waals surface area contributed by atoms with E-state index in [0.717, 1.165) is 67.3 Å². The Morgan fingerprint density at radius 2 is 1.88 bits per heavy atom. The third-order valence-corrected chi connectivity index (χ3v) is 8.86. The molecule has 0 radical (unpaired) electrons. The van der Waals surface area contributed by atoms with Gasteiger partial charge in [0.25, 0.3) is 0 Å². The van der Waals surface area contributed by atoms with Gasteiger partial charge in [-0.2, -0.15) is 10.4 Å². The molecule has 0 aromatic carbocycles. The Kier molecular flexibility index (Phi) is 5.57. The molecule has 40 heavy (non-hydrogen) atoms. The molecule has 4 saturated heterocycles. The number of fused-ring (bicyclic) bond motifs is 4. The monoisotopic (exact) mass is 530 g/mol. The molecule has 9 heteroatoms. The van der Waals surface area contributed by atoms with Crippen molar-refractivity contribution in [2.75, 3.05) is 49.2 Å². The number of anilines is 2. The van der Waals surface area contributed by atoms with E-state index in [-0.39, 0.29) is 0 Å². The number of allylic oxidation sites excluding steroid dienone is 1. The number of pyridine rings is 3. The zero-order valence-electron chi connectivity index (χ0n) is 22.3. The largest absolute Gasteiger partial charge is 0.378 e. The minimum atomic E-state index is 0.541. The Labute approximate surface area is 232 Å². The maximum Gasteiger partial charge on any atom is 0.128 e. The second-order valence-electron chi connectivity index (χ2n) is 11.2. The molecule has 2 atom stereocenters. The Morgan fingerprint density at radius 1 is 1.00 bits per heavy atom. The van der Waals surface area contributed by atoms with Crippen LogP contribution >= 0.6 is 0 Å².